The van der Waals surface area contributed by atoms with Crippen molar-refractivity contribution in [3.05, 3.63) is 162 Å². The summed E-state index contributed by atoms with van der Waals surface area (Å²) in [6.45, 7) is 21.2. The Bertz CT molecular complexity index is 4370. The summed E-state index contributed by atoms with van der Waals surface area (Å²) in [6, 6.07) is 56.1. The third-order valence-corrected chi connectivity index (χ3v) is 16.3. The average Bonchev–Trinajstić information content (AvgIpc) is 4.12. The number of aromatic nitrogens is 3. The van der Waals surface area contributed by atoms with Gasteiger partial charge < -0.3 is 8.97 Å². The van der Waals surface area contributed by atoms with Crippen molar-refractivity contribution in [2.45, 2.75) is 78.6 Å². The Morgan fingerprint density at radius 2 is 0.879 bits per heavy atom. The molecule has 6 heterocycles. The Hall–Kier alpha value is -6.88. The second-order valence-electron chi connectivity index (χ2n) is 22.3. The van der Waals surface area contributed by atoms with Gasteiger partial charge in [0.1, 0.15) is 4.83 Å². The average molecular weight is 870 g/mol. The zero-order chi connectivity index (χ0) is 44.9. The van der Waals surface area contributed by atoms with Crippen molar-refractivity contribution in [2.75, 3.05) is 0 Å². The molecule has 0 aliphatic rings. The molecule has 0 aliphatic heterocycles. The van der Waals surface area contributed by atoms with E-state index in [1.165, 1.54) is 141 Å². The molecule has 0 unspecified atom stereocenters. The minimum atomic E-state index is -0.0643. The highest BCUT2D eigenvalue weighted by atomic mass is 32.1. The first-order valence-electron chi connectivity index (χ1n) is 23.6. The predicted octanol–water partition coefficient (Wildman–Crippen LogP) is 17.9. The third-order valence-electron chi connectivity index (χ3n) is 15.1. The maximum Gasteiger partial charge on any atom is 0.109 e. The van der Waals surface area contributed by atoms with Crippen molar-refractivity contribution in [2.24, 2.45) is 0 Å². The fourth-order valence-electron chi connectivity index (χ4n) is 11.7. The molecule has 14 aromatic rings. The van der Waals surface area contributed by atoms with Crippen molar-refractivity contribution in [3.8, 4) is 16.8 Å². The van der Waals surface area contributed by atoms with Gasteiger partial charge in [0.15, 0.2) is 0 Å². The van der Waals surface area contributed by atoms with Gasteiger partial charge in [-0.05, 0) is 123 Å². The molecular formula is C62H51N3S. The van der Waals surface area contributed by atoms with Gasteiger partial charge >= 0.3 is 0 Å². The van der Waals surface area contributed by atoms with Crippen molar-refractivity contribution < 1.29 is 0 Å². The van der Waals surface area contributed by atoms with Gasteiger partial charge in [0.2, 0.25) is 0 Å². The molecule has 0 saturated carbocycles. The summed E-state index contributed by atoms with van der Waals surface area (Å²) in [5.41, 5.74) is 16.6. The summed E-state index contributed by atoms with van der Waals surface area (Å²) in [5.74, 6) is 0. The van der Waals surface area contributed by atoms with E-state index in [1.807, 2.05) is 11.3 Å². The molecule has 0 spiro atoms. The molecule has 6 aromatic heterocycles. The van der Waals surface area contributed by atoms with E-state index in [2.05, 4.69) is 221 Å². The van der Waals surface area contributed by atoms with Crippen LogP contribution in [0.5, 0.6) is 0 Å². The maximum absolute atomic E-state index is 2.66. The van der Waals surface area contributed by atoms with E-state index in [0.717, 1.165) is 0 Å². The SMILES string of the molecule is CC(C)(C)c1cc(-c2ccc3c(c2)c2ccccc2n3-c2ccccc2)c2c(c1)c1cc(C(C)(C)C)cc3c4cc5c6cc(C(C)(C)C)cc7c8c9ccccc9sc8n(c5cc4n2c31)c67. The van der Waals surface area contributed by atoms with E-state index in [0.29, 0.717) is 0 Å². The number of rotatable bonds is 2. The van der Waals surface area contributed by atoms with Gasteiger partial charge in [-0.15, -0.1) is 11.3 Å². The summed E-state index contributed by atoms with van der Waals surface area (Å²) in [6.07, 6.45) is 0. The first kappa shape index (κ1) is 38.4. The molecular weight excluding hydrogens is 819 g/mol. The monoisotopic (exact) mass is 869 g/mol. The van der Waals surface area contributed by atoms with Crippen LogP contribution in [0.1, 0.15) is 79.0 Å². The minimum absolute atomic E-state index is 0.00332. The van der Waals surface area contributed by atoms with E-state index >= 15 is 0 Å². The smallest absolute Gasteiger partial charge is 0.109 e. The van der Waals surface area contributed by atoms with E-state index in [9.17, 15) is 0 Å². The van der Waals surface area contributed by atoms with Crippen LogP contribution < -0.4 is 0 Å². The lowest BCUT2D eigenvalue weighted by Gasteiger charge is -2.22. The fraction of sp³-hybridized carbons (Fsp3) is 0.194. The second-order valence-corrected chi connectivity index (χ2v) is 23.3. The van der Waals surface area contributed by atoms with E-state index in [4.69, 9.17) is 0 Å². The van der Waals surface area contributed by atoms with Gasteiger partial charge in [-0.2, -0.15) is 0 Å². The highest BCUT2D eigenvalue weighted by molar-refractivity contribution is 7.25. The van der Waals surface area contributed by atoms with Crippen molar-refractivity contribution >= 4 is 119 Å². The first-order valence-corrected chi connectivity index (χ1v) is 24.4. The molecule has 0 amide bonds. The summed E-state index contributed by atoms with van der Waals surface area (Å²) >= 11 is 1.93. The van der Waals surface area contributed by atoms with Crippen LogP contribution in [0.3, 0.4) is 0 Å². The molecule has 320 valence electrons. The lowest BCUT2D eigenvalue weighted by Crippen LogP contribution is -2.11. The van der Waals surface area contributed by atoms with Crippen molar-refractivity contribution in [3.63, 3.8) is 0 Å². The standard InChI is InChI=1S/C62H51N3S/c1-60(2,3)35-26-41(34-23-24-51-42(25-34)39-19-13-15-21-50(39)63(51)38-17-11-10-12-18-38)56-47(29-35)48-30-36(61(4,5)6)27-45-43-32-44-46-28-37(62(7,8)9)31-49-55-40-20-14-16-22-54(40)66-59(55)65(58(46)49)53(44)33-52(43)64(56)57(45)48/h10-33H,1-9H3. The summed E-state index contributed by atoms with van der Waals surface area (Å²) in [4.78, 5) is 1.34. The number of benzene rings is 8. The normalized spacial score (nSPS) is 13.5. The van der Waals surface area contributed by atoms with Crippen molar-refractivity contribution in [1.82, 2.24) is 13.4 Å². The Labute approximate surface area is 387 Å². The summed E-state index contributed by atoms with van der Waals surface area (Å²) < 4.78 is 9.04. The Balaban J connectivity index is 1.17. The van der Waals surface area contributed by atoms with E-state index < -0.39 is 0 Å². The van der Waals surface area contributed by atoms with Gasteiger partial charge in [0.05, 0.1) is 38.6 Å². The molecule has 8 aromatic carbocycles. The molecule has 0 atom stereocenters. The van der Waals surface area contributed by atoms with E-state index in [1.54, 1.807) is 0 Å². The summed E-state index contributed by atoms with van der Waals surface area (Å²) in [7, 11) is 0. The quantitative estimate of drug-likeness (QED) is 0.164. The molecule has 0 saturated heterocycles. The van der Waals surface area contributed by atoms with Gasteiger partial charge in [-0.25, -0.2) is 0 Å². The van der Waals surface area contributed by atoms with Crippen LogP contribution in [-0.4, -0.2) is 13.4 Å². The number of para-hydroxylation sites is 2. The molecule has 0 bridgehead atoms. The van der Waals surface area contributed by atoms with Crippen LogP contribution in [0.2, 0.25) is 0 Å². The van der Waals surface area contributed by atoms with Crippen LogP contribution in [0.15, 0.2) is 146 Å². The topological polar surface area (TPSA) is 13.8 Å². The van der Waals surface area contributed by atoms with E-state index in [-0.39, 0.29) is 16.2 Å². The number of hydrogen-bond acceptors (Lipinski definition) is 1. The van der Waals surface area contributed by atoms with Crippen LogP contribution in [0.4, 0.5) is 0 Å². The zero-order valence-corrected chi connectivity index (χ0v) is 39.9. The summed E-state index contributed by atoms with van der Waals surface area (Å²) in [5, 5.41) is 14.6. The minimum Gasteiger partial charge on any atom is -0.309 e. The zero-order valence-electron chi connectivity index (χ0n) is 39.1. The van der Waals surface area contributed by atoms with Crippen LogP contribution in [0, 0.1) is 0 Å². The van der Waals surface area contributed by atoms with Crippen LogP contribution in [-0.2, 0) is 16.2 Å². The highest BCUT2D eigenvalue weighted by Crippen LogP contribution is 2.51. The molecule has 3 nitrogen and oxygen atoms in total. The predicted molar refractivity (Wildman–Crippen MR) is 287 cm³/mol. The Morgan fingerprint density at radius 1 is 0.364 bits per heavy atom. The molecule has 0 fully saturated rings. The Kier molecular flexibility index (Phi) is 7.28. The number of thiophene rings is 1. The fourth-order valence-corrected chi connectivity index (χ4v) is 12.9. The third kappa shape index (κ3) is 4.98. The largest absolute Gasteiger partial charge is 0.309 e. The van der Waals surface area contributed by atoms with Crippen LogP contribution in [0.25, 0.3) is 124 Å². The van der Waals surface area contributed by atoms with Crippen LogP contribution >= 0.6 is 11.3 Å². The number of fused-ring (bicyclic) bond motifs is 17. The van der Waals surface area contributed by atoms with Crippen molar-refractivity contribution in [1.29, 1.82) is 0 Å². The molecule has 14 rings (SSSR count). The molecule has 0 N–H and O–H groups in total. The number of hydrogen-bond donors (Lipinski definition) is 0. The Morgan fingerprint density at radius 3 is 1.56 bits per heavy atom. The maximum atomic E-state index is 2.66. The molecule has 4 heteroatoms. The lowest BCUT2D eigenvalue weighted by atomic mass is 9.83. The molecule has 0 radical (unpaired) electrons. The van der Waals surface area contributed by atoms with Gasteiger partial charge in [-0.1, -0.05) is 123 Å². The first-order chi connectivity index (χ1) is 31.6. The van der Waals surface area contributed by atoms with Gasteiger partial charge in [-0.3, -0.25) is 4.40 Å². The highest BCUT2D eigenvalue weighted by Gasteiger charge is 2.30. The number of nitrogens with zero attached hydrogens (tertiary/aromatic N) is 3. The lowest BCUT2D eigenvalue weighted by molar-refractivity contribution is 0.591. The second kappa shape index (κ2) is 12.5. The molecule has 66 heavy (non-hydrogen) atoms. The van der Waals surface area contributed by atoms with Gasteiger partial charge in [0.25, 0.3) is 0 Å². The molecule has 0 aliphatic carbocycles. The van der Waals surface area contributed by atoms with Gasteiger partial charge in [0, 0.05) is 75.2 Å².